The molecule has 0 saturated heterocycles. The Labute approximate surface area is 152 Å². The highest BCUT2D eigenvalue weighted by molar-refractivity contribution is 9.10. The summed E-state index contributed by atoms with van der Waals surface area (Å²) in [5.41, 5.74) is 2.01. The van der Waals surface area contributed by atoms with Gasteiger partial charge in [0.2, 0.25) is 0 Å². The third-order valence-corrected chi connectivity index (χ3v) is 4.86. The lowest BCUT2D eigenvalue weighted by Gasteiger charge is -2.06. The van der Waals surface area contributed by atoms with Crippen molar-refractivity contribution >= 4 is 48.6 Å². The lowest BCUT2D eigenvalue weighted by Crippen LogP contribution is -2.30. The van der Waals surface area contributed by atoms with Crippen LogP contribution in [0, 0.1) is 0 Å². The number of halogens is 1. The van der Waals surface area contributed by atoms with E-state index in [1.807, 2.05) is 42.5 Å². The molecule has 0 aliphatic rings. The summed E-state index contributed by atoms with van der Waals surface area (Å²) in [5, 5.41) is 6.21. The Balaban J connectivity index is 1.51. The molecular formula is C17H16BrN3O2S. The summed E-state index contributed by atoms with van der Waals surface area (Å²) < 4.78 is 7.14. The minimum atomic E-state index is -0.248. The van der Waals surface area contributed by atoms with Gasteiger partial charge in [0.05, 0.1) is 17.3 Å². The maximum atomic E-state index is 12.0. The Morgan fingerprint density at radius 2 is 2.04 bits per heavy atom. The van der Waals surface area contributed by atoms with Crippen LogP contribution in [0.1, 0.15) is 5.56 Å². The van der Waals surface area contributed by atoms with Crippen LogP contribution in [0.2, 0.25) is 0 Å². The Kier molecular flexibility index (Phi) is 5.32. The minimum Gasteiger partial charge on any atom is -0.497 e. The molecule has 2 amide bonds. The van der Waals surface area contributed by atoms with Gasteiger partial charge in [-0.25, -0.2) is 9.78 Å². The number of hydrogen-bond acceptors (Lipinski definition) is 4. The van der Waals surface area contributed by atoms with Crippen molar-refractivity contribution in [1.82, 2.24) is 10.3 Å². The number of methoxy groups -OCH3 is 1. The van der Waals surface area contributed by atoms with Gasteiger partial charge in [-0.3, -0.25) is 5.32 Å². The molecule has 3 rings (SSSR count). The maximum absolute atomic E-state index is 12.0. The molecule has 2 aromatic carbocycles. The van der Waals surface area contributed by atoms with E-state index in [9.17, 15) is 4.79 Å². The molecule has 1 heterocycles. The van der Waals surface area contributed by atoms with E-state index in [4.69, 9.17) is 4.74 Å². The molecule has 2 N–H and O–H groups in total. The highest BCUT2D eigenvalue weighted by atomic mass is 79.9. The van der Waals surface area contributed by atoms with Gasteiger partial charge in [0, 0.05) is 11.0 Å². The number of anilines is 1. The number of fused-ring (bicyclic) bond motifs is 1. The van der Waals surface area contributed by atoms with Crippen LogP contribution in [-0.4, -0.2) is 24.7 Å². The van der Waals surface area contributed by atoms with E-state index in [2.05, 4.69) is 31.5 Å². The fourth-order valence-electron chi connectivity index (χ4n) is 2.21. The van der Waals surface area contributed by atoms with E-state index in [0.29, 0.717) is 11.7 Å². The van der Waals surface area contributed by atoms with E-state index in [0.717, 1.165) is 32.4 Å². The number of thiazole rings is 1. The van der Waals surface area contributed by atoms with E-state index < -0.39 is 0 Å². The zero-order valence-electron chi connectivity index (χ0n) is 13.0. The molecule has 0 saturated carbocycles. The monoisotopic (exact) mass is 405 g/mol. The number of nitrogens with one attached hydrogen (secondary N) is 2. The summed E-state index contributed by atoms with van der Waals surface area (Å²) in [5.74, 6) is 0.826. The summed E-state index contributed by atoms with van der Waals surface area (Å²) in [4.78, 5) is 16.4. The second-order valence-electron chi connectivity index (χ2n) is 5.11. The molecular weight excluding hydrogens is 390 g/mol. The average Bonchev–Trinajstić information content (AvgIpc) is 2.96. The largest absolute Gasteiger partial charge is 0.497 e. The minimum absolute atomic E-state index is 0.248. The molecule has 24 heavy (non-hydrogen) atoms. The number of benzene rings is 2. The number of aromatic nitrogens is 1. The summed E-state index contributed by atoms with van der Waals surface area (Å²) >= 11 is 4.88. The fraction of sp³-hybridized carbons (Fsp3) is 0.176. The quantitative estimate of drug-likeness (QED) is 0.659. The van der Waals surface area contributed by atoms with Crippen LogP contribution in [0.25, 0.3) is 10.2 Å². The van der Waals surface area contributed by atoms with Gasteiger partial charge in [0.1, 0.15) is 5.75 Å². The molecule has 0 radical (unpaired) electrons. The zero-order chi connectivity index (χ0) is 16.9. The van der Waals surface area contributed by atoms with Crippen molar-refractivity contribution in [3.63, 3.8) is 0 Å². The van der Waals surface area contributed by atoms with Crippen LogP contribution in [0.15, 0.2) is 46.9 Å². The molecule has 0 unspecified atom stereocenters. The first-order valence-electron chi connectivity index (χ1n) is 7.38. The molecule has 0 spiro atoms. The van der Waals surface area contributed by atoms with Gasteiger partial charge >= 0.3 is 6.03 Å². The summed E-state index contributed by atoms with van der Waals surface area (Å²) in [6, 6.07) is 13.4. The molecule has 0 aliphatic heterocycles. The van der Waals surface area contributed by atoms with Gasteiger partial charge in [-0.05, 0) is 42.3 Å². The Bertz CT molecular complexity index is 849. The lowest BCUT2D eigenvalue weighted by atomic mass is 10.1. The first-order chi connectivity index (χ1) is 11.6. The lowest BCUT2D eigenvalue weighted by molar-refractivity contribution is 0.252. The van der Waals surface area contributed by atoms with Crippen molar-refractivity contribution in [2.24, 2.45) is 0 Å². The van der Waals surface area contributed by atoms with Crippen molar-refractivity contribution in [2.45, 2.75) is 6.42 Å². The predicted octanol–water partition coefficient (Wildman–Crippen LogP) is 4.43. The highest BCUT2D eigenvalue weighted by Crippen LogP contribution is 2.28. The number of nitrogens with zero attached hydrogens (tertiary/aromatic N) is 1. The smallest absolute Gasteiger partial charge is 0.321 e. The first kappa shape index (κ1) is 16.7. The number of urea groups is 1. The predicted molar refractivity (Wildman–Crippen MR) is 101 cm³/mol. The molecule has 0 atom stereocenters. The first-order valence-corrected chi connectivity index (χ1v) is 8.99. The van der Waals surface area contributed by atoms with E-state index in [-0.39, 0.29) is 6.03 Å². The molecule has 5 nitrogen and oxygen atoms in total. The molecule has 0 fully saturated rings. The molecule has 3 aromatic rings. The summed E-state index contributed by atoms with van der Waals surface area (Å²) in [6.07, 6.45) is 0.754. The van der Waals surface area contributed by atoms with Crippen LogP contribution >= 0.6 is 27.3 Å². The second kappa shape index (κ2) is 7.63. The van der Waals surface area contributed by atoms with Crippen LogP contribution in [0.5, 0.6) is 5.75 Å². The van der Waals surface area contributed by atoms with E-state index >= 15 is 0 Å². The molecule has 1 aromatic heterocycles. The fourth-order valence-corrected chi connectivity index (χ4v) is 3.62. The maximum Gasteiger partial charge on any atom is 0.321 e. The van der Waals surface area contributed by atoms with Gasteiger partial charge < -0.3 is 10.1 Å². The molecule has 0 aliphatic carbocycles. The number of rotatable bonds is 5. The van der Waals surface area contributed by atoms with Gasteiger partial charge in [-0.15, -0.1) is 0 Å². The normalized spacial score (nSPS) is 10.6. The summed E-state index contributed by atoms with van der Waals surface area (Å²) in [7, 11) is 1.64. The van der Waals surface area contributed by atoms with E-state index in [1.54, 1.807) is 7.11 Å². The summed E-state index contributed by atoms with van der Waals surface area (Å²) in [6.45, 7) is 0.550. The van der Waals surface area contributed by atoms with Crippen molar-refractivity contribution in [2.75, 3.05) is 19.0 Å². The second-order valence-corrected chi connectivity index (χ2v) is 7.06. The molecule has 0 bridgehead atoms. The number of carbonyl (C=O) groups is 1. The van der Waals surface area contributed by atoms with Crippen molar-refractivity contribution in [1.29, 1.82) is 0 Å². The molecule has 124 valence electrons. The van der Waals surface area contributed by atoms with Crippen molar-refractivity contribution in [3.05, 3.63) is 52.5 Å². The van der Waals surface area contributed by atoms with Crippen molar-refractivity contribution < 1.29 is 9.53 Å². The third-order valence-electron chi connectivity index (χ3n) is 3.43. The van der Waals surface area contributed by atoms with Crippen LogP contribution in [0.4, 0.5) is 9.93 Å². The van der Waals surface area contributed by atoms with E-state index in [1.165, 1.54) is 11.3 Å². The third kappa shape index (κ3) is 4.24. The zero-order valence-corrected chi connectivity index (χ0v) is 15.4. The van der Waals surface area contributed by atoms with Crippen LogP contribution in [-0.2, 0) is 6.42 Å². The highest BCUT2D eigenvalue weighted by Gasteiger charge is 2.07. The Hall–Kier alpha value is -2.12. The number of carbonyl (C=O) groups excluding carboxylic acids is 1. The number of amides is 2. The topological polar surface area (TPSA) is 63.2 Å². The Morgan fingerprint density at radius 3 is 2.79 bits per heavy atom. The Morgan fingerprint density at radius 1 is 1.25 bits per heavy atom. The standard InChI is InChI=1S/C17H16BrN3O2S/c1-23-13-5-2-11(3-6-13)8-9-19-16(22)21-17-20-14-7-4-12(18)10-15(14)24-17/h2-7,10H,8-9H2,1H3,(H2,19,20,21,22). The number of hydrogen-bond donors (Lipinski definition) is 2. The van der Waals surface area contributed by atoms with Crippen LogP contribution < -0.4 is 15.4 Å². The molecule has 7 heteroatoms. The van der Waals surface area contributed by atoms with Gasteiger partial charge in [0.25, 0.3) is 0 Å². The SMILES string of the molecule is COc1ccc(CCNC(=O)Nc2nc3ccc(Br)cc3s2)cc1. The van der Waals surface area contributed by atoms with Gasteiger partial charge in [0.15, 0.2) is 5.13 Å². The number of ether oxygens (including phenoxy) is 1. The van der Waals surface area contributed by atoms with Crippen molar-refractivity contribution in [3.8, 4) is 5.75 Å². The van der Waals surface area contributed by atoms with Crippen LogP contribution in [0.3, 0.4) is 0 Å². The average molecular weight is 406 g/mol. The van der Waals surface area contributed by atoms with Gasteiger partial charge in [-0.2, -0.15) is 0 Å². The van der Waals surface area contributed by atoms with Gasteiger partial charge in [-0.1, -0.05) is 39.4 Å².